The van der Waals surface area contributed by atoms with Crippen LogP contribution in [0.25, 0.3) is 0 Å². The molecule has 1 fully saturated rings. The third-order valence-electron chi connectivity index (χ3n) is 5.12. The number of anilines is 3. The highest BCUT2D eigenvalue weighted by Crippen LogP contribution is 2.23. The number of hydrogen-bond donors (Lipinski definition) is 2. The van der Waals surface area contributed by atoms with Crippen LogP contribution in [0.4, 0.5) is 17.5 Å². The fraction of sp³-hybridized carbons (Fsp3) is 0.227. The Bertz CT molecular complexity index is 1250. The van der Waals surface area contributed by atoms with E-state index in [1.807, 2.05) is 30.0 Å². The summed E-state index contributed by atoms with van der Waals surface area (Å²) in [5.41, 5.74) is 2.17. The fourth-order valence-electron chi connectivity index (χ4n) is 3.43. The molecule has 3 aromatic rings. The molecule has 1 aromatic heterocycles. The number of rotatable bonds is 5. The van der Waals surface area contributed by atoms with Crippen LogP contribution in [0.3, 0.4) is 0 Å². The van der Waals surface area contributed by atoms with Gasteiger partial charge in [-0.25, -0.2) is 13.4 Å². The summed E-state index contributed by atoms with van der Waals surface area (Å²) < 4.78 is 27.2. The fourth-order valence-corrected chi connectivity index (χ4v) is 4.85. The molecule has 0 spiro atoms. The number of nitrogens with zero attached hydrogens (tertiary/aromatic N) is 5. The number of aromatic nitrogens is 2. The van der Waals surface area contributed by atoms with E-state index >= 15 is 0 Å². The molecule has 10 heteroatoms. The van der Waals surface area contributed by atoms with Gasteiger partial charge in [-0.3, -0.25) is 0 Å². The van der Waals surface area contributed by atoms with Crippen LogP contribution >= 0.6 is 0 Å². The minimum absolute atomic E-state index is 0.0239. The summed E-state index contributed by atoms with van der Waals surface area (Å²) in [6.07, 6.45) is 0. The van der Waals surface area contributed by atoms with E-state index in [1.165, 1.54) is 28.6 Å². The third kappa shape index (κ3) is 4.64. The number of aryl methyl sites for hydroxylation is 1. The van der Waals surface area contributed by atoms with Crippen LogP contribution in [0, 0.1) is 18.3 Å². The molecule has 2 heterocycles. The van der Waals surface area contributed by atoms with Gasteiger partial charge in [-0.2, -0.15) is 14.6 Å². The van der Waals surface area contributed by atoms with Crippen LogP contribution in [0.5, 0.6) is 5.75 Å². The minimum Gasteiger partial charge on any atom is -0.508 e. The zero-order chi connectivity index (χ0) is 22.7. The van der Waals surface area contributed by atoms with Gasteiger partial charge >= 0.3 is 0 Å². The Morgan fingerprint density at radius 2 is 1.66 bits per heavy atom. The Kier molecular flexibility index (Phi) is 5.94. The van der Waals surface area contributed by atoms with Gasteiger partial charge in [0.15, 0.2) is 0 Å². The maximum Gasteiger partial charge on any atom is 0.243 e. The lowest BCUT2D eigenvalue weighted by atomic mass is 10.2. The number of sulfonamides is 1. The number of aromatic hydroxyl groups is 1. The van der Waals surface area contributed by atoms with Crippen molar-refractivity contribution in [3.05, 3.63) is 65.9 Å². The molecular formula is C22H22N6O3S. The lowest BCUT2D eigenvalue weighted by Crippen LogP contribution is -2.49. The maximum atomic E-state index is 12.9. The van der Waals surface area contributed by atoms with Gasteiger partial charge in [-0.1, -0.05) is 0 Å². The molecule has 0 unspecified atom stereocenters. The van der Waals surface area contributed by atoms with Crippen molar-refractivity contribution < 1.29 is 13.5 Å². The molecule has 1 saturated heterocycles. The molecule has 0 amide bonds. The lowest BCUT2D eigenvalue weighted by Gasteiger charge is -2.34. The van der Waals surface area contributed by atoms with Gasteiger partial charge < -0.3 is 15.3 Å². The van der Waals surface area contributed by atoms with E-state index in [0.29, 0.717) is 43.5 Å². The molecule has 0 aliphatic carbocycles. The number of hydrogen-bond acceptors (Lipinski definition) is 8. The highest BCUT2D eigenvalue weighted by molar-refractivity contribution is 7.89. The predicted molar refractivity (Wildman–Crippen MR) is 120 cm³/mol. The van der Waals surface area contributed by atoms with E-state index in [2.05, 4.69) is 21.4 Å². The maximum absolute atomic E-state index is 12.9. The Morgan fingerprint density at radius 3 is 2.28 bits per heavy atom. The highest BCUT2D eigenvalue weighted by Gasteiger charge is 2.29. The summed E-state index contributed by atoms with van der Waals surface area (Å²) in [5.74, 6) is 1.18. The van der Waals surface area contributed by atoms with Crippen molar-refractivity contribution in [3.8, 4) is 11.8 Å². The van der Waals surface area contributed by atoms with Crippen molar-refractivity contribution in [2.24, 2.45) is 0 Å². The molecule has 0 bridgehead atoms. The summed E-state index contributed by atoms with van der Waals surface area (Å²) in [6.45, 7) is 3.40. The van der Waals surface area contributed by atoms with Gasteiger partial charge in [0.05, 0.1) is 16.5 Å². The van der Waals surface area contributed by atoms with Gasteiger partial charge in [0.25, 0.3) is 0 Å². The molecule has 9 nitrogen and oxygen atoms in total. The highest BCUT2D eigenvalue weighted by atomic mass is 32.2. The number of phenolic OH excluding ortho intramolecular Hbond substituents is 1. The van der Waals surface area contributed by atoms with Crippen molar-refractivity contribution >= 4 is 27.5 Å². The molecule has 2 aromatic carbocycles. The smallest absolute Gasteiger partial charge is 0.243 e. The van der Waals surface area contributed by atoms with E-state index < -0.39 is 10.0 Å². The van der Waals surface area contributed by atoms with Gasteiger partial charge in [0.1, 0.15) is 11.6 Å². The van der Waals surface area contributed by atoms with Crippen molar-refractivity contribution in [1.29, 1.82) is 5.26 Å². The van der Waals surface area contributed by atoms with Crippen LogP contribution in [0.1, 0.15) is 11.3 Å². The number of benzene rings is 2. The van der Waals surface area contributed by atoms with E-state index in [9.17, 15) is 13.5 Å². The van der Waals surface area contributed by atoms with Crippen molar-refractivity contribution in [1.82, 2.24) is 14.3 Å². The summed E-state index contributed by atoms with van der Waals surface area (Å²) in [4.78, 5) is 11.2. The molecule has 0 radical (unpaired) electrons. The van der Waals surface area contributed by atoms with Gasteiger partial charge in [-0.15, -0.1) is 0 Å². The number of piperazine rings is 1. The standard InChI is InChI=1S/C22H22N6O3S/c1-16-14-21(25-18-4-2-17(15-23)3-5-18)26-22(24-16)27-10-12-28(13-11-27)32(30,31)20-8-6-19(29)7-9-20/h2-9,14,29H,10-13H2,1H3,(H,24,25,26). The second-order valence-corrected chi connectivity index (χ2v) is 9.33. The SMILES string of the molecule is Cc1cc(Nc2ccc(C#N)cc2)nc(N2CCN(S(=O)(=O)c3ccc(O)cc3)CC2)n1. The molecular weight excluding hydrogens is 428 g/mol. The number of phenols is 1. The largest absolute Gasteiger partial charge is 0.508 e. The third-order valence-corrected chi connectivity index (χ3v) is 7.04. The first kappa shape index (κ1) is 21.5. The number of nitrogens with one attached hydrogen (secondary N) is 1. The van der Waals surface area contributed by atoms with Gasteiger partial charge in [-0.05, 0) is 55.5 Å². The Balaban J connectivity index is 1.46. The van der Waals surface area contributed by atoms with Crippen LogP contribution in [-0.2, 0) is 10.0 Å². The zero-order valence-corrected chi connectivity index (χ0v) is 18.2. The van der Waals surface area contributed by atoms with Gasteiger partial charge in [0, 0.05) is 43.6 Å². The molecule has 1 aliphatic heterocycles. The Labute approximate surface area is 186 Å². The molecule has 164 valence electrons. The molecule has 4 rings (SSSR count). The Morgan fingerprint density at radius 1 is 1.00 bits per heavy atom. The molecule has 0 atom stereocenters. The summed E-state index contributed by atoms with van der Waals surface area (Å²) >= 11 is 0. The van der Waals surface area contributed by atoms with Crippen LogP contribution in [0.15, 0.2) is 59.5 Å². The first-order chi connectivity index (χ1) is 15.3. The van der Waals surface area contributed by atoms with Crippen molar-refractivity contribution in [3.63, 3.8) is 0 Å². The average molecular weight is 451 g/mol. The van der Waals surface area contributed by atoms with E-state index in [1.54, 1.807) is 12.1 Å². The molecule has 32 heavy (non-hydrogen) atoms. The molecule has 1 aliphatic rings. The summed E-state index contributed by atoms with van der Waals surface area (Å²) in [6, 6.07) is 16.5. The first-order valence-electron chi connectivity index (χ1n) is 10.0. The summed E-state index contributed by atoms with van der Waals surface area (Å²) in [5, 5.41) is 21.6. The molecule has 0 saturated carbocycles. The minimum atomic E-state index is -3.63. The first-order valence-corrected chi connectivity index (χ1v) is 11.5. The second kappa shape index (κ2) is 8.82. The van der Waals surface area contributed by atoms with Gasteiger partial charge in [0.2, 0.25) is 16.0 Å². The van der Waals surface area contributed by atoms with E-state index in [0.717, 1.165) is 11.4 Å². The predicted octanol–water partition coefficient (Wildman–Crippen LogP) is 2.62. The van der Waals surface area contributed by atoms with Crippen molar-refractivity contribution in [2.75, 3.05) is 36.4 Å². The van der Waals surface area contributed by atoms with Crippen LogP contribution in [0.2, 0.25) is 0 Å². The van der Waals surface area contributed by atoms with Crippen LogP contribution in [-0.4, -0.2) is 54.0 Å². The average Bonchev–Trinajstić information content (AvgIpc) is 2.79. The lowest BCUT2D eigenvalue weighted by molar-refractivity contribution is 0.382. The Hall–Kier alpha value is -3.68. The monoisotopic (exact) mass is 450 g/mol. The molecule has 2 N–H and O–H groups in total. The van der Waals surface area contributed by atoms with Crippen molar-refractivity contribution in [2.45, 2.75) is 11.8 Å². The normalized spacial score (nSPS) is 14.7. The second-order valence-electron chi connectivity index (χ2n) is 7.39. The quantitative estimate of drug-likeness (QED) is 0.608. The summed E-state index contributed by atoms with van der Waals surface area (Å²) in [7, 11) is -3.63. The van der Waals surface area contributed by atoms with E-state index in [-0.39, 0.29) is 10.6 Å². The van der Waals surface area contributed by atoms with E-state index in [4.69, 9.17) is 5.26 Å². The van der Waals surface area contributed by atoms with Crippen LogP contribution < -0.4 is 10.2 Å². The number of nitriles is 1. The topological polar surface area (TPSA) is 122 Å². The zero-order valence-electron chi connectivity index (χ0n) is 17.4.